The highest BCUT2D eigenvalue weighted by Crippen LogP contribution is 2.27. The summed E-state index contributed by atoms with van der Waals surface area (Å²) in [6.07, 6.45) is 3.77. The van der Waals surface area contributed by atoms with Crippen LogP contribution in [0.5, 0.6) is 0 Å². The molecule has 0 fully saturated rings. The number of hydrogen-bond donors (Lipinski definition) is 2. The summed E-state index contributed by atoms with van der Waals surface area (Å²) in [5, 5.41) is 18.8. The Kier molecular flexibility index (Phi) is 4.24. The Morgan fingerprint density at radius 2 is 1.73 bits per heavy atom. The number of imidazole rings is 1. The van der Waals surface area contributed by atoms with Crippen LogP contribution in [0, 0.1) is 5.82 Å². The second-order valence-electron chi connectivity index (χ2n) is 6.09. The van der Waals surface area contributed by atoms with Crippen molar-refractivity contribution in [3.05, 3.63) is 83.9 Å². The van der Waals surface area contributed by atoms with Gasteiger partial charge in [-0.15, -0.1) is 0 Å². The minimum Gasteiger partial charge on any atom is -0.392 e. The quantitative estimate of drug-likeness (QED) is 0.590. The van der Waals surface area contributed by atoms with E-state index in [1.165, 1.54) is 6.07 Å². The van der Waals surface area contributed by atoms with Crippen LogP contribution in [0.3, 0.4) is 0 Å². The van der Waals surface area contributed by atoms with Crippen LogP contribution in [0.4, 0.5) is 4.39 Å². The van der Waals surface area contributed by atoms with Gasteiger partial charge >= 0.3 is 0 Å². The molecule has 0 atom stereocenters. The average molecular weight is 348 g/mol. The zero-order valence-corrected chi connectivity index (χ0v) is 13.9. The highest BCUT2D eigenvalue weighted by molar-refractivity contribution is 5.70. The lowest BCUT2D eigenvalue weighted by molar-refractivity contribution is 0.276. The third kappa shape index (κ3) is 2.87. The molecule has 0 saturated carbocycles. The second-order valence-corrected chi connectivity index (χ2v) is 6.09. The summed E-state index contributed by atoms with van der Waals surface area (Å²) in [5.74, 6) is -0.419. The number of rotatable bonds is 4. The van der Waals surface area contributed by atoms with E-state index in [0.29, 0.717) is 5.56 Å². The standard InChI is InChI=1S/C21H17FN2O2/c22-19-6-2-5-17(18(19)13-26)16-7-8-21-23-20(11-24(21)10-16)15-4-1-3-14(9-15)12-25/h1-11,25-26H,12-13H2. The molecule has 4 nitrogen and oxygen atoms in total. The van der Waals surface area contributed by atoms with E-state index in [9.17, 15) is 14.6 Å². The molecule has 0 unspecified atom stereocenters. The number of benzene rings is 2. The van der Waals surface area contributed by atoms with Gasteiger partial charge in [0.2, 0.25) is 0 Å². The van der Waals surface area contributed by atoms with Crippen LogP contribution in [-0.4, -0.2) is 19.6 Å². The SMILES string of the molecule is OCc1cccc(-c2cn3cc(-c4cccc(F)c4CO)ccc3n2)c1. The Morgan fingerprint density at radius 1 is 0.885 bits per heavy atom. The predicted molar refractivity (Wildman–Crippen MR) is 97.9 cm³/mol. The molecule has 4 rings (SSSR count). The second kappa shape index (κ2) is 6.71. The zero-order valence-electron chi connectivity index (χ0n) is 13.9. The summed E-state index contributed by atoms with van der Waals surface area (Å²) in [7, 11) is 0. The number of hydrogen-bond acceptors (Lipinski definition) is 3. The lowest BCUT2D eigenvalue weighted by Crippen LogP contribution is -1.95. The minimum absolute atomic E-state index is 0.0190. The summed E-state index contributed by atoms with van der Waals surface area (Å²) in [6, 6.07) is 16.1. The number of pyridine rings is 1. The van der Waals surface area contributed by atoms with Crippen molar-refractivity contribution >= 4 is 5.65 Å². The van der Waals surface area contributed by atoms with Crippen LogP contribution >= 0.6 is 0 Å². The van der Waals surface area contributed by atoms with Crippen molar-refractivity contribution in [3.63, 3.8) is 0 Å². The van der Waals surface area contributed by atoms with Crippen LogP contribution in [0.15, 0.2) is 67.0 Å². The van der Waals surface area contributed by atoms with E-state index in [0.717, 1.165) is 28.0 Å². The van der Waals surface area contributed by atoms with Gasteiger partial charge in [-0.2, -0.15) is 0 Å². The molecule has 0 amide bonds. The predicted octanol–water partition coefficient (Wildman–Crippen LogP) is 3.79. The molecule has 0 radical (unpaired) electrons. The largest absolute Gasteiger partial charge is 0.392 e. The van der Waals surface area contributed by atoms with Gasteiger partial charge in [0.1, 0.15) is 11.5 Å². The molecular weight excluding hydrogens is 331 g/mol. The minimum atomic E-state index is -0.419. The van der Waals surface area contributed by atoms with Gasteiger partial charge in [-0.25, -0.2) is 9.37 Å². The van der Waals surface area contributed by atoms with E-state index in [-0.39, 0.29) is 18.8 Å². The lowest BCUT2D eigenvalue weighted by atomic mass is 10.0. The van der Waals surface area contributed by atoms with Crippen molar-refractivity contribution in [2.75, 3.05) is 0 Å². The van der Waals surface area contributed by atoms with Gasteiger partial charge in [0.25, 0.3) is 0 Å². The molecule has 2 N–H and O–H groups in total. The van der Waals surface area contributed by atoms with Crippen molar-refractivity contribution in [2.24, 2.45) is 0 Å². The van der Waals surface area contributed by atoms with Gasteiger partial charge in [0.05, 0.1) is 18.9 Å². The maximum atomic E-state index is 13.9. The molecule has 2 aromatic heterocycles. The highest BCUT2D eigenvalue weighted by atomic mass is 19.1. The number of halogens is 1. The molecule has 0 saturated heterocycles. The van der Waals surface area contributed by atoms with Crippen LogP contribution in [0.25, 0.3) is 28.0 Å². The molecule has 2 heterocycles. The lowest BCUT2D eigenvalue weighted by Gasteiger charge is -2.09. The molecule has 26 heavy (non-hydrogen) atoms. The monoisotopic (exact) mass is 348 g/mol. The van der Waals surface area contributed by atoms with Gasteiger partial charge in [0, 0.05) is 23.5 Å². The van der Waals surface area contributed by atoms with Gasteiger partial charge in [0.15, 0.2) is 0 Å². The van der Waals surface area contributed by atoms with Gasteiger partial charge in [-0.3, -0.25) is 0 Å². The van der Waals surface area contributed by atoms with Crippen LogP contribution in [-0.2, 0) is 13.2 Å². The smallest absolute Gasteiger partial charge is 0.137 e. The molecule has 0 aliphatic rings. The molecule has 0 bridgehead atoms. The van der Waals surface area contributed by atoms with E-state index in [1.54, 1.807) is 12.1 Å². The third-order valence-corrected chi connectivity index (χ3v) is 4.44. The highest BCUT2D eigenvalue weighted by Gasteiger charge is 2.11. The first-order chi connectivity index (χ1) is 12.7. The fourth-order valence-corrected chi connectivity index (χ4v) is 3.11. The first kappa shape index (κ1) is 16.4. The van der Waals surface area contributed by atoms with E-state index in [4.69, 9.17) is 0 Å². The van der Waals surface area contributed by atoms with E-state index in [1.807, 2.05) is 53.2 Å². The van der Waals surface area contributed by atoms with E-state index >= 15 is 0 Å². The summed E-state index contributed by atoms with van der Waals surface area (Å²) >= 11 is 0. The molecule has 0 aliphatic heterocycles. The number of fused-ring (bicyclic) bond motifs is 1. The van der Waals surface area contributed by atoms with Gasteiger partial charge < -0.3 is 14.6 Å². The van der Waals surface area contributed by atoms with E-state index < -0.39 is 5.82 Å². The summed E-state index contributed by atoms with van der Waals surface area (Å²) in [5.41, 5.74) is 5.04. The van der Waals surface area contributed by atoms with Crippen molar-refractivity contribution in [3.8, 4) is 22.4 Å². The first-order valence-electron chi connectivity index (χ1n) is 8.27. The van der Waals surface area contributed by atoms with Crippen molar-refractivity contribution < 1.29 is 14.6 Å². The maximum Gasteiger partial charge on any atom is 0.137 e. The number of aliphatic hydroxyl groups excluding tert-OH is 2. The molecule has 5 heteroatoms. The topological polar surface area (TPSA) is 57.8 Å². The summed E-state index contributed by atoms with van der Waals surface area (Å²) in [6.45, 7) is -0.377. The zero-order chi connectivity index (χ0) is 18.1. The molecular formula is C21H17FN2O2. The number of aromatic nitrogens is 2. The molecule has 4 aromatic rings. The Hall–Kier alpha value is -3.02. The molecule has 0 aliphatic carbocycles. The molecule has 2 aromatic carbocycles. The van der Waals surface area contributed by atoms with E-state index in [2.05, 4.69) is 4.98 Å². The normalized spacial score (nSPS) is 11.2. The Labute approximate surface area is 149 Å². The summed E-state index contributed by atoms with van der Waals surface area (Å²) < 4.78 is 15.8. The van der Waals surface area contributed by atoms with Crippen LogP contribution < -0.4 is 0 Å². The van der Waals surface area contributed by atoms with Crippen molar-refractivity contribution in [1.29, 1.82) is 0 Å². The average Bonchev–Trinajstić information content (AvgIpc) is 3.11. The summed E-state index contributed by atoms with van der Waals surface area (Å²) in [4.78, 5) is 4.61. The van der Waals surface area contributed by atoms with Crippen molar-refractivity contribution in [1.82, 2.24) is 9.38 Å². The first-order valence-corrected chi connectivity index (χ1v) is 8.27. The number of nitrogens with zero attached hydrogens (tertiary/aromatic N) is 2. The Morgan fingerprint density at radius 3 is 2.54 bits per heavy atom. The van der Waals surface area contributed by atoms with Crippen LogP contribution in [0.2, 0.25) is 0 Å². The number of aliphatic hydroxyl groups is 2. The fraction of sp³-hybridized carbons (Fsp3) is 0.0952. The maximum absolute atomic E-state index is 13.9. The Bertz CT molecular complexity index is 1090. The molecule has 130 valence electrons. The Balaban J connectivity index is 1.80. The van der Waals surface area contributed by atoms with Gasteiger partial charge in [-0.05, 0) is 41.0 Å². The van der Waals surface area contributed by atoms with Crippen LogP contribution in [0.1, 0.15) is 11.1 Å². The fourth-order valence-electron chi connectivity index (χ4n) is 3.11. The third-order valence-electron chi connectivity index (χ3n) is 4.44. The molecule has 0 spiro atoms. The van der Waals surface area contributed by atoms with Gasteiger partial charge in [-0.1, -0.05) is 30.3 Å². The van der Waals surface area contributed by atoms with Crippen molar-refractivity contribution in [2.45, 2.75) is 13.2 Å².